The van der Waals surface area contributed by atoms with E-state index < -0.39 is 5.91 Å². The van der Waals surface area contributed by atoms with E-state index in [1.165, 1.54) is 12.1 Å². The number of aromatic nitrogens is 1. The van der Waals surface area contributed by atoms with Crippen molar-refractivity contribution in [2.75, 3.05) is 0 Å². The number of primary amides is 1. The normalized spacial score (nSPS) is 10.2. The van der Waals surface area contributed by atoms with Crippen molar-refractivity contribution in [3.63, 3.8) is 0 Å². The monoisotopic (exact) mass is 231 g/mol. The lowest BCUT2D eigenvalue weighted by molar-refractivity contribution is -0.688. The molecule has 0 aliphatic carbocycles. The van der Waals surface area contributed by atoms with Crippen LogP contribution >= 0.6 is 0 Å². The zero-order valence-electron chi connectivity index (χ0n) is 9.14. The molecule has 1 heterocycles. The van der Waals surface area contributed by atoms with Crippen LogP contribution in [0.2, 0.25) is 0 Å². The molecule has 2 aromatic rings. The Labute approximate surface area is 98.3 Å². The summed E-state index contributed by atoms with van der Waals surface area (Å²) in [6, 6.07) is 9.72. The lowest BCUT2D eigenvalue weighted by Gasteiger charge is -1.99. The summed E-state index contributed by atoms with van der Waals surface area (Å²) in [4.78, 5) is 11.0. The summed E-state index contributed by atoms with van der Waals surface area (Å²) >= 11 is 0. The van der Waals surface area contributed by atoms with E-state index in [1.807, 2.05) is 6.07 Å². The fourth-order valence-corrected chi connectivity index (χ4v) is 1.61. The average molecular weight is 231 g/mol. The number of carbonyl (C=O) groups is 1. The summed E-state index contributed by atoms with van der Waals surface area (Å²) in [6.07, 6.45) is 3.45. The second kappa shape index (κ2) is 4.74. The van der Waals surface area contributed by atoms with Crippen molar-refractivity contribution in [2.45, 2.75) is 6.54 Å². The van der Waals surface area contributed by atoms with Crippen LogP contribution in [0.1, 0.15) is 15.9 Å². The zero-order valence-corrected chi connectivity index (χ0v) is 9.14. The van der Waals surface area contributed by atoms with Gasteiger partial charge in [-0.15, -0.1) is 0 Å². The molecule has 0 saturated heterocycles. The Morgan fingerprint density at radius 1 is 1.29 bits per heavy atom. The van der Waals surface area contributed by atoms with E-state index in [1.54, 1.807) is 35.2 Å². The maximum absolute atomic E-state index is 13.0. The van der Waals surface area contributed by atoms with E-state index in [0.717, 1.165) is 5.56 Å². The van der Waals surface area contributed by atoms with Crippen molar-refractivity contribution < 1.29 is 13.8 Å². The second-order valence-electron chi connectivity index (χ2n) is 3.76. The smallest absolute Gasteiger partial charge is 0.254 e. The first-order valence-electron chi connectivity index (χ1n) is 5.18. The number of benzene rings is 1. The Hall–Kier alpha value is -2.23. The van der Waals surface area contributed by atoms with Crippen LogP contribution in [0.25, 0.3) is 0 Å². The van der Waals surface area contributed by atoms with Crippen LogP contribution in [0.5, 0.6) is 0 Å². The largest absolute Gasteiger partial charge is 0.365 e. The predicted octanol–water partition coefficient (Wildman–Crippen LogP) is 1.26. The molecular weight excluding hydrogens is 219 g/mol. The van der Waals surface area contributed by atoms with Crippen molar-refractivity contribution in [2.24, 2.45) is 5.73 Å². The summed E-state index contributed by atoms with van der Waals surface area (Å²) < 4.78 is 14.8. The van der Waals surface area contributed by atoms with Gasteiger partial charge in [-0.2, -0.15) is 4.57 Å². The van der Waals surface area contributed by atoms with Crippen molar-refractivity contribution in [1.82, 2.24) is 0 Å². The molecule has 0 aliphatic heterocycles. The number of halogens is 1. The highest BCUT2D eigenvalue weighted by Gasteiger charge is 2.08. The van der Waals surface area contributed by atoms with E-state index in [2.05, 4.69) is 0 Å². The molecule has 3 nitrogen and oxygen atoms in total. The zero-order chi connectivity index (χ0) is 12.3. The number of nitrogens with two attached hydrogens (primary N) is 1. The third-order valence-electron chi connectivity index (χ3n) is 2.40. The molecule has 0 spiro atoms. The molecule has 0 radical (unpaired) electrons. The van der Waals surface area contributed by atoms with E-state index in [4.69, 9.17) is 5.73 Å². The number of carbonyl (C=O) groups excluding carboxylic acids is 1. The van der Waals surface area contributed by atoms with Crippen molar-refractivity contribution in [3.8, 4) is 0 Å². The van der Waals surface area contributed by atoms with Crippen molar-refractivity contribution in [1.29, 1.82) is 0 Å². The third-order valence-corrected chi connectivity index (χ3v) is 2.40. The van der Waals surface area contributed by atoms with Gasteiger partial charge in [-0.05, 0) is 18.2 Å². The number of hydrogen-bond donors (Lipinski definition) is 1. The Morgan fingerprint density at radius 2 is 2.12 bits per heavy atom. The van der Waals surface area contributed by atoms with Gasteiger partial charge in [-0.1, -0.05) is 12.1 Å². The molecule has 4 heteroatoms. The molecule has 1 aromatic carbocycles. The van der Waals surface area contributed by atoms with Gasteiger partial charge in [0, 0.05) is 11.6 Å². The first-order valence-corrected chi connectivity index (χ1v) is 5.18. The Morgan fingerprint density at radius 3 is 2.82 bits per heavy atom. The number of hydrogen-bond acceptors (Lipinski definition) is 1. The average Bonchev–Trinajstić information content (AvgIpc) is 2.29. The fourth-order valence-electron chi connectivity index (χ4n) is 1.61. The number of rotatable bonds is 3. The SMILES string of the molecule is NC(=O)c1ccc[n+](Cc2cccc(F)c2)c1. The summed E-state index contributed by atoms with van der Waals surface area (Å²) in [6.45, 7) is 0.499. The first-order chi connectivity index (χ1) is 8.15. The highest BCUT2D eigenvalue weighted by molar-refractivity contribution is 5.92. The lowest BCUT2D eigenvalue weighted by atomic mass is 10.2. The Kier molecular flexibility index (Phi) is 3.14. The maximum Gasteiger partial charge on any atom is 0.254 e. The van der Waals surface area contributed by atoms with Crippen molar-refractivity contribution in [3.05, 3.63) is 65.7 Å². The molecule has 0 saturated carbocycles. The molecule has 1 aromatic heterocycles. The van der Waals surface area contributed by atoms with Crippen molar-refractivity contribution >= 4 is 5.91 Å². The Bertz CT molecular complexity index is 555. The van der Waals surface area contributed by atoms with Gasteiger partial charge in [0.05, 0.1) is 0 Å². The molecule has 86 valence electrons. The number of nitrogens with zero attached hydrogens (tertiary/aromatic N) is 1. The molecule has 2 rings (SSSR count). The minimum atomic E-state index is -0.474. The van der Waals surface area contributed by atoms with Gasteiger partial charge in [0.15, 0.2) is 18.9 Å². The van der Waals surface area contributed by atoms with Gasteiger partial charge >= 0.3 is 0 Å². The predicted molar refractivity (Wildman–Crippen MR) is 60.7 cm³/mol. The second-order valence-corrected chi connectivity index (χ2v) is 3.76. The molecule has 0 atom stereocenters. The van der Waals surface area contributed by atoms with Gasteiger partial charge < -0.3 is 5.73 Å². The van der Waals surface area contributed by atoms with Crippen LogP contribution in [-0.2, 0) is 6.54 Å². The molecule has 0 unspecified atom stereocenters. The lowest BCUT2D eigenvalue weighted by Crippen LogP contribution is -2.35. The molecule has 2 N–H and O–H groups in total. The van der Waals surface area contributed by atoms with Gasteiger partial charge in [-0.25, -0.2) is 4.39 Å². The molecule has 1 amide bonds. The number of pyridine rings is 1. The van der Waals surface area contributed by atoms with Gasteiger partial charge in [0.2, 0.25) is 0 Å². The van der Waals surface area contributed by atoms with E-state index in [-0.39, 0.29) is 5.82 Å². The maximum atomic E-state index is 13.0. The molecule has 0 fully saturated rings. The summed E-state index contributed by atoms with van der Waals surface area (Å²) in [5, 5.41) is 0. The number of amides is 1. The van der Waals surface area contributed by atoms with Crippen LogP contribution in [-0.4, -0.2) is 5.91 Å². The molecule has 17 heavy (non-hydrogen) atoms. The first kappa shape index (κ1) is 11.3. The Balaban J connectivity index is 2.24. The van der Waals surface area contributed by atoms with Gasteiger partial charge in [0.25, 0.3) is 5.91 Å². The third kappa shape index (κ3) is 2.87. The van der Waals surface area contributed by atoms with Crippen LogP contribution in [0, 0.1) is 5.82 Å². The molecule has 0 aliphatic rings. The van der Waals surface area contributed by atoms with E-state index in [0.29, 0.717) is 12.1 Å². The summed E-state index contributed by atoms with van der Waals surface area (Å²) in [7, 11) is 0. The summed E-state index contributed by atoms with van der Waals surface area (Å²) in [5.41, 5.74) is 6.45. The minimum absolute atomic E-state index is 0.269. The standard InChI is InChI=1S/C13H11FN2O/c14-12-5-1-3-10(7-12)8-16-6-2-4-11(9-16)13(15)17/h1-7,9H,8H2,(H-,15,17)/p+1. The van der Waals surface area contributed by atoms with Crippen LogP contribution in [0.15, 0.2) is 48.8 Å². The van der Waals surface area contributed by atoms with Gasteiger partial charge in [-0.3, -0.25) is 4.79 Å². The minimum Gasteiger partial charge on any atom is -0.365 e. The topological polar surface area (TPSA) is 47.0 Å². The fraction of sp³-hybridized carbons (Fsp3) is 0.0769. The van der Waals surface area contributed by atoms with Gasteiger partial charge in [0.1, 0.15) is 11.4 Å². The van der Waals surface area contributed by atoms with Crippen LogP contribution < -0.4 is 10.3 Å². The highest BCUT2D eigenvalue weighted by Crippen LogP contribution is 2.03. The summed E-state index contributed by atoms with van der Waals surface area (Å²) in [5.74, 6) is -0.743. The van der Waals surface area contributed by atoms with Crippen LogP contribution in [0.3, 0.4) is 0 Å². The highest BCUT2D eigenvalue weighted by atomic mass is 19.1. The molecule has 0 bridgehead atoms. The van der Waals surface area contributed by atoms with E-state index >= 15 is 0 Å². The molecular formula is C13H12FN2O+. The van der Waals surface area contributed by atoms with Crippen LogP contribution in [0.4, 0.5) is 4.39 Å². The van der Waals surface area contributed by atoms with E-state index in [9.17, 15) is 9.18 Å². The quantitative estimate of drug-likeness (QED) is 0.794.